The number of carbonyl (C=O) groups excluding carboxylic acids is 3. The molecular weight excluding hydrogens is 600 g/mol. The predicted molar refractivity (Wildman–Crippen MR) is 172 cm³/mol. The Hall–Kier alpha value is -2.61. The SMILES string of the molecule is O=[C]CC[C@H](NC(=O)CCOCCOCCOCCOCCNC(=O)CCCCCCCCCCCCCCCC(=O)O)C(=O)O. The van der Waals surface area contributed by atoms with Gasteiger partial charge < -0.3 is 39.8 Å². The van der Waals surface area contributed by atoms with Crippen LogP contribution in [0, 0.1) is 0 Å². The van der Waals surface area contributed by atoms with Gasteiger partial charge in [-0.2, -0.15) is 0 Å². The third-order valence-corrected chi connectivity index (χ3v) is 7.12. The smallest absolute Gasteiger partial charge is 0.326 e. The zero-order chi connectivity index (χ0) is 33.9. The summed E-state index contributed by atoms with van der Waals surface area (Å²) in [5.74, 6) is -2.30. The van der Waals surface area contributed by atoms with E-state index >= 15 is 0 Å². The molecule has 0 spiro atoms. The third-order valence-electron chi connectivity index (χ3n) is 7.12. The Bertz CT molecular complexity index is 783. The molecule has 0 saturated heterocycles. The Morgan fingerprint density at radius 1 is 0.543 bits per heavy atom. The van der Waals surface area contributed by atoms with Crippen molar-refractivity contribution < 1.29 is 53.1 Å². The second kappa shape index (κ2) is 33.7. The van der Waals surface area contributed by atoms with Crippen LogP contribution in [0.3, 0.4) is 0 Å². The standard InChI is InChI=1S/C33H59N2O11/c36-20-14-15-29(33(41)42)35-31(38)18-21-43-23-25-45-27-28-46-26-24-44-22-19-34-30(37)16-12-10-8-6-4-2-1-3-5-7-9-11-13-17-32(39)40/h29H,1-19,21-28H2,(H,34,37)(H,35,38)(H,39,40)(H,41,42)/t29-/m0/s1. The molecule has 0 aromatic rings. The van der Waals surface area contributed by atoms with Crippen molar-refractivity contribution in [3.05, 3.63) is 0 Å². The number of carbonyl (C=O) groups is 4. The van der Waals surface area contributed by atoms with Crippen LogP contribution >= 0.6 is 0 Å². The van der Waals surface area contributed by atoms with Crippen LogP contribution in [-0.2, 0) is 42.9 Å². The topological polar surface area (TPSA) is 187 Å². The van der Waals surface area contributed by atoms with E-state index in [2.05, 4.69) is 10.6 Å². The fraction of sp³-hybridized carbons (Fsp3) is 0.848. The highest BCUT2D eigenvalue weighted by molar-refractivity contribution is 5.83. The lowest BCUT2D eigenvalue weighted by atomic mass is 10.0. The highest BCUT2D eigenvalue weighted by atomic mass is 16.6. The summed E-state index contributed by atoms with van der Waals surface area (Å²) in [5, 5.41) is 22.9. The van der Waals surface area contributed by atoms with Crippen molar-refractivity contribution in [3.63, 3.8) is 0 Å². The molecule has 0 aliphatic rings. The molecule has 0 rings (SSSR count). The molecule has 0 unspecified atom stereocenters. The molecule has 0 aromatic heterocycles. The number of unbranched alkanes of at least 4 members (excludes halogenated alkanes) is 12. The zero-order valence-corrected chi connectivity index (χ0v) is 27.7. The average Bonchev–Trinajstić information content (AvgIpc) is 3.02. The largest absolute Gasteiger partial charge is 0.481 e. The highest BCUT2D eigenvalue weighted by Gasteiger charge is 2.19. The summed E-state index contributed by atoms with van der Waals surface area (Å²) < 4.78 is 21.6. The van der Waals surface area contributed by atoms with E-state index in [9.17, 15) is 24.0 Å². The molecule has 1 atom stereocenters. The number of nitrogens with one attached hydrogen (secondary N) is 2. The number of carboxylic acid groups (broad SMARTS) is 2. The summed E-state index contributed by atoms with van der Waals surface area (Å²) >= 11 is 0. The van der Waals surface area contributed by atoms with Crippen LogP contribution in [0.4, 0.5) is 0 Å². The van der Waals surface area contributed by atoms with Crippen LogP contribution < -0.4 is 10.6 Å². The first-order valence-corrected chi connectivity index (χ1v) is 17.0. The summed E-state index contributed by atoms with van der Waals surface area (Å²) in [6, 6.07) is -1.11. The fourth-order valence-electron chi connectivity index (χ4n) is 4.51. The van der Waals surface area contributed by atoms with Gasteiger partial charge in [-0.15, -0.1) is 0 Å². The van der Waals surface area contributed by atoms with Gasteiger partial charge >= 0.3 is 11.9 Å². The normalized spacial score (nSPS) is 11.7. The third kappa shape index (κ3) is 32.8. The minimum atomic E-state index is -1.20. The van der Waals surface area contributed by atoms with Crippen LogP contribution in [0.1, 0.15) is 116 Å². The molecule has 0 bridgehead atoms. The van der Waals surface area contributed by atoms with Crippen molar-refractivity contribution in [2.45, 2.75) is 122 Å². The molecule has 1 radical (unpaired) electrons. The molecule has 267 valence electrons. The van der Waals surface area contributed by atoms with E-state index in [-0.39, 0.29) is 38.4 Å². The first-order valence-electron chi connectivity index (χ1n) is 17.0. The number of carboxylic acids is 2. The van der Waals surface area contributed by atoms with Crippen molar-refractivity contribution in [2.24, 2.45) is 0 Å². The van der Waals surface area contributed by atoms with E-state index in [0.29, 0.717) is 59.0 Å². The molecule has 0 aromatic carbocycles. The van der Waals surface area contributed by atoms with Crippen molar-refractivity contribution in [1.82, 2.24) is 10.6 Å². The van der Waals surface area contributed by atoms with E-state index in [1.165, 1.54) is 51.4 Å². The van der Waals surface area contributed by atoms with Gasteiger partial charge in [-0.05, 0) is 19.3 Å². The van der Waals surface area contributed by atoms with Gasteiger partial charge in [0.25, 0.3) is 0 Å². The van der Waals surface area contributed by atoms with Gasteiger partial charge in [-0.25, -0.2) is 4.79 Å². The molecule has 13 heteroatoms. The van der Waals surface area contributed by atoms with E-state index in [1.54, 1.807) is 6.29 Å². The van der Waals surface area contributed by atoms with Crippen molar-refractivity contribution in [3.8, 4) is 0 Å². The highest BCUT2D eigenvalue weighted by Crippen LogP contribution is 2.13. The molecule has 0 saturated carbocycles. The van der Waals surface area contributed by atoms with Gasteiger partial charge in [0.15, 0.2) is 6.29 Å². The van der Waals surface area contributed by atoms with Gasteiger partial charge in [-0.1, -0.05) is 70.6 Å². The maximum atomic E-state index is 11.9. The Morgan fingerprint density at radius 2 is 0.978 bits per heavy atom. The van der Waals surface area contributed by atoms with Gasteiger partial charge in [-0.3, -0.25) is 19.2 Å². The van der Waals surface area contributed by atoms with Crippen LogP contribution in [0.2, 0.25) is 0 Å². The van der Waals surface area contributed by atoms with Crippen LogP contribution in [0.15, 0.2) is 0 Å². The number of hydrogen-bond acceptors (Lipinski definition) is 9. The Kier molecular flexibility index (Phi) is 31.8. The summed E-state index contributed by atoms with van der Waals surface area (Å²) in [7, 11) is 0. The van der Waals surface area contributed by atoms with Crippen molar-refractivity contribution in [2.75, 3.05) is 59.4 Å². The van der Waals surface area contributed by atoms with Gasteiger partial charge in [0.05, 0.1) is 52.9 Å². The minimum absolute atomic E-state index is 0.00180. The molecule has 2 amide bonds. The minimum Gasteiger partial charge on any atom is -0.481 e. The Labute approximate surface area is 274 Å². The maximum Gasteiger partial charge on any atom is 0.326 e. The number of amides is 2. The quantitative estimate of drug-likeness (QED) is 0.0714. The summed E-state index contributed by atoms with van der Waals surface area (Å²) in [6.45, 7) is 3.27. The lowest BCUT2D eigenvalue weighted by Gasteiger charge is -2.13. The van der Waals surface area contributed by atoms with Crippen LogP contribution in [0.5, 0.6) is 0 Å². The van der Waals surface area contributed by atoms with Gasteiger partial charge in [0.2, 0.25) is 11.8 Å². The Morgan fingerprint density at radius 3 is 1.43 bits per heavy atom. The van der Waals surface area contributed by atoms with Crippen molar-refractivity contribution >= 4 is 30.0 Å². The summed E-state index contributed by atoms with van der Waals surface area (Å²) in [5.41, 5.74) is 0. The Balaban J connectivity index is 3.31. The van der Waals surface area contributed by atoms with E-state index in [1.807, 2.05) is 0 Å². The molecular formula is C33H59N2O11. The number of rotatable bonds is 36. The average molecular weight is 660 g/mol. The maximum absolute atomic E-state index is 11.9. The molecule has 0 aliphatic carbocycles. The number of hydrogen-bond donors (Lipinski definition) is 4. The summed E-state index contributed by atoms with van der Waals surface area (Å²) in [6.07, 6.45) is 17.2. The second-order valence-electron chi connectivity index (χ2n) is 11.2. The molecule has 13 nitrogen and oxygen atoms in total. The first-order chi connectivity index (χ1) is 22.4. The summed E-state index contributed by atoms with van der Waals surface area (Å²) in [4.78, 5) is 55.5. The molecule has 4 N–H and O–H groups in total. The number of aliphatic carboxylic acids is 2. The van der Waals surface area contributed by atoms with E-state index in [4.69, 9.17) is 29.2 Å². The fourth-order valence-corrected chi connectivity index (χ4v) is 4.51. The monoisotopic (exact) mass is 659 g/mol. The van der Waals surface area contributed by atoms with E-state index < -0.39 is 23.9 Å². The van der Waals surface area contributed by atoms with Crippen LogP contribution in [-0.4, -0.2) is 106 Å². The lowest BCUT2D eigenvalue weighted by Crippen LogP contribution is -2.41. The lowest BCUT2D eigenvalue weighted by molar-refractivity contribution is -0.142. The van der Waals surface area contributed by atoms with Crippen LogP contribution in [0.25, 0.3) is 0 Å². The predicted octanol–water partition coefficient (Wildman–Crippen LogP) is 3.95. The second-order valence-corrected chi connectivity index (χ2v) is 11.2. The molecule has 0 heterocycles. The van der Waals surface area contributed by atoms with Crippen molar-refractivity contribution in [1.29, 1.82) is 0 Å². The molecule has 0 aliphatic heterocycles. The molecule has 46 heavy (non-hydrogen) atoms. The van der Waals surface area contributed by atoms with Gasteiger partial charge in [0.1, 0.15) is 6.04 Å². The van der Waals surface area contributed by atoms with E-state index in [0.717, 1.165) is 32.1 Å². The first kappa shape index (κ1) is 43.4. The zero-order valence-electron chi connectivity index (χ0n) is 27.7. The van der Waals surface area contributed by atoms with Gasteiger partial charge in [0, 0.05) is 32.2 Å². The number of ether oxygens (including phenoxy) is 4. The molecule has 0 fully saturated rings.